The van der Waals surface area contributed by atoms with Crippen molar-refractivity contribution in [3.05, 3.63) is 18.6 Å². The zero-order valence-electron chi connectivity index (χ0n) is 8.33. The summed E-state index contributed by atoms with van der Waals surface area (Å²) >= 11 is 0. The van der Waals surface area contributed by atoms with Gasteiger partial charge in [0.05, 0.1) is 12.1 Å². The lowest BCUT2D eigenvalue weighted by molar-refractivity contribution is -0.142. The molecule has 0 atom stereocenters. The van der Waals surface area contributed by atoms with Crippen LogP contribution in [0.25, 0.3) is 0 Å². The molecule has 2 heterocycles. The monoisotopic (exact) mass is 207 g/mol. The molecule has 2 rings (SSSR count). The van der Waals surface area contributed by atoms with Gasteiger partial charge in [0.2, 0.25) is 0 Å². The van der Waals surface area contributed by atoms with Crippen molar-refractivity contribution >= 4 is 11.8 Å². The topological polar surface area (TPSA) is 66.3 Å². The summed E-state index contributed by atoms with van der Waals surface area (Å²) < 4.78 is 0. The van der Waals surface area contributed by atoms with E-state index in [1.807, 2.05) is 0 Å². The number of hydrogen-bond donors (Lipinski definition) is 1. The first-order valence-corrected chi connectivity index (χ1v) is 5.01. The highest BCUT2D eigenvalue weighted by Gasteiger charge is 2.24. The quantitative estimate of drug-likeness (QED) is 0.776. The van der Waals surface area contributed by atoms with Gasteiger partial charge >= 0.3 is 5.97 Å². The average molecular weight is 207 g/mol. The Balaban J connectivity index is 1.97. The molecule has 1 saturated heterocycles. The summed E-state index contributed by atoms with van der Waals surface area (Å²) in [7, 11) is 0. The molecule has 0 saturated carbocycles. The molecule has 5 heteroatoms. The summed E-state index contributed by atoms with van der Waals surface area (Å²) in [6.07, 6.45) is 6.37. The van der Waals surface area contributed by atoms with Crippen LogP contribution in [0.2, 0.25) is 0 Å². The average Bonchev–Trinajstić information content (AvgIpc) is 2.30. The van der Waals surface area contributed by atoms with Crippen molar-refractivity contribution < 1.29 is 9.90 Å². The molecule has 5 nitrogen and oxygen atoms in total. The molecule has 0 unspecified atom stereocenters. The number of carboxylic acid groups (broad SMARTS) is 1. The van der Waals surface area contributed by atoms with Crippen LogP contribution in [0.3, 0.4) is 0 Å². The number of hydrogen-bond acceptors (Lipinski definition) is 4. The lowest BCUT2D eigenvalue weighted by Crippen LogP contribution is -2.36. The molecule has 1 aliphatic heterocycles. The summed E-state index contributed by atoms with van der Waals surface area (Å²) in [6, 6.07) is 0. The van der Waals surface area contributed by atoms with Crippen molar-refractivity contribution in [2.75, 3.05) is 18.0 Å². The molecular weight excluding hydrogens is 194 g/mol. The number of carbonyl (C=O) groups is 1. The van der Waals surface area contributed by atoms with E-state index < -0.39 is 5.97 Å². The zero-order valence-corrected chi connectivity index (χ0v) is 8.33. The van der Waals surface area contributed by atoms with Crippen LogP contribution in [0.15, 0.2) is 18.6 Å². The van der Waals surface area contributed by atoms with Gasteiger partial charge < -0.3 is 10.0 Å². The third kappa shape index (κ3) is 2.23. The Morgan fingerprint density at radius 3 is 2.67 bits per heavy atom. The van der Waals surface area contributed by atoms with Gasteiger partial charge in [0, 0.05) is 25.5 Å². The van der Waals surface area contributed by atoms with E-state index in [1.54, 1.807) is 18.6 Å². The van der Waals surface area contributed by atoms with E-state index in [4.69, 9.17) is 5.11 Å². The van der Waals surface area contributed by atoms with E-state index in [-0.39, 0.29) is 5.92 Å². The highest BCUT2D eigenvalue weighted by molar-refractivity contribution is 5.70. The highest BCUT2D eigenvalue weighted by Crippen LogP contribution is 2.20. The van der Waals surface area contributed by atoms with Crippen LogP contribution < -0.4 is 4.90 Å². The molecule has 0 bridgehead atoms. The van der Waals surface area contributed by atoms with Gasteiger partial charge in [-0.3, -0.25) is 9.78 Å². The van der Waals surface area contributed by atoms with Gasteiger partial charge in [-0.25, -0.2) is 4.98 Å². The van der Waals surface area contributed by atoms with E-state index >= 15 is 0 Å². The van der Waals surface area contributed by atoms with Crippen LogP contribution in [0.4, 0.5) is 5.82 Å². The van der Waals surface area contributed by atoms with Crippen molar-refractivity contribution in [3.8, 4) is 0 Å². The predicted molar refractivity (Wildman–Crippen MR) is 54.6 cm³/mol. The molecule has 0 radical (unpaired) electrons. The Morgan fingerprint density at radius 1 is 1.40 bits per heavy atom. The van der Waals surface area contributed by atoms with Crippen molar-refractivity contribution in [2.24, 2.45) is 5.92 Å². The number of nitrogens with zero attached hydrogens (tertiary/aromatic N) is 3. The number of anilines is 1. The molecular formula is C10H13N3O2. The van der Waals surface area contributed by atoms with Crippen LogP contribution in [0, 0.1) is 5.92 Å². The van der Waals surface area contributed by atoms with Gasteiger partial charge in [0.1, 0.15) is 5.82 Å². The zero-order chi connectivity index (χ0) is 10.7. The van der Waals surface area contributed by atoms with E-state index in [1.165, 1.54) is 0 Å². The van der Waals surface area contributed by atoms with Gasteiger partial charge in [-0.05, 0) is 12.8 Å². The van der Waals surface area contributed by atoms with E-state index in [9.17, 15) is 4.79 Å². The molecule has 0 spiro atoms. The lowest BCUT2D eigenvalue weighted by atomic mass is 9.97. The van der Waals surface area contributed by atoms with Gasteiger partial charge in [-0.2, -0.15) is 0 Å². The number of piperidine rings is 1. The summed E-state index contributed by atoms with van der Waals surface area (Å²) in [5.41, 5.74) is 0. The first-order chi connectivity index (χ1) is 7.27. The molecule has 15 heavy (non-hydrogen) atoms. The fraction of sp³-hybridized carbons (Fsp3) is 0.500. The minimum atomic E-state index is -0.686. The summed E-state index contributed by atoms with van der Waals surface area (Å²) in [5.74, 6) is -0.0481. The first-order valence-electron chi connectivity index (χ1n) is 5.01. The Bertz CT molecular complexity index is 334. The van der Waals surface area contributed by atoms with Gasteiger partial charge in [-0.15, -0.1) is 0 Å². The Kier molecular flexibility index (Phi) is 2.80. The molecule has 0 amide bonds. The molecule has 1 aliphatic rings. The minimum Gasteiger partial charge on any atom is -0.481 e. The second-order valence-electron chi connectivity index (χ2n) is 3.66. The number of aromatic nitrogens is 2. The van der Waals surface area contributed by atoms with Crippen LogP contribution in [-0.4, -0.2) is 34.1 Å². The Hall–Kier alpha value is -1.65. The maximum absolute atomic E-state index is 10.8. The fourth-order valence-electron chi connectivity index (χ4n) is 1.81. The number of rotatable bonds is 2. The SMILES string of the molecule is O=C(O)C1CCN(c2cnccn2)CC1. The predicted octanol–water partition coefficient (Wildman–Crippen LogP) is 0.778. The number of aliphatic carboxylic acids is 1. The van der Waals surface area contributed by atoms with Crippen LogP contribution >= 0.6 is 0 Å². The Labute approximate surface area is 87.8 Å². The smallest absolute Gasteiger partial charge is 0.306 e. The molecule has 0 aromatic carbocycles. The third-order valence-electron chi connectivity index (χ3n) is 2.72. The summed E-state index contributed by atoms with van der Waals surface area (Å²) in [6.45, 7) is 1.49. The minimum absolute atomic E-state index is 0.196. The lowest BCUT2D eigenvalue weighted by Gasteiger charge is -2.30. The summed E-state index contributed by atoms with van der Waals surface area (Å²) in [4.78, 5) is 21.0. The molecule has 1 fully saturated rings. The van der Waals surface area contributed by atoms with E-state index in [0.29, 0.717) is 12.8 Å². The standard InChI is InChI=1S/C10H13N3O2/c14-10(15)8-1-5-13(6-2-8)9-7-11-3-4-12-9/h3-4,7-8H,1-2,5-6H2,(H,14,15). The molecule has 0 aliphatic carbocycles. The Morgan fingerprint density at radius 2 is 2.13 bits per heavy atom. The number of carboxylic acids is 1. The maximum atomic E-state index is 10.8. The largest absolute Gasteiger partial charge is 0.481 e. The molecule has 1 N–H and O–H groups in total. The van der Waals surface area contributed by atoms with Crippen LogP contribution in [-0.2, 0) is 4.79 Å². The van der Waals surface area contributed by atoms with Crippen LogP contribution in [0.5, 0.6) is 0 Å². The second-order valence-corrected chi connectivity index (χ2v) is 3.66. The van der Waals surface area contributed by atoms with Gasteiger partial charge in [-0.1, -0.05) is 0 Å². The van der Waals surface area contributed by atoms with Crippen LogP contribution in [0.1, 0.15) is 12.8 Å². The second kappa shape index (κ2) is 4.25. The normalized spacial score (nSPS) is 17.7. The highest BCUT2D eigenvalue weighted by atomic mass is 16.4. The molecule has 80 valence electrons. The summed E-state index contributed by atoms with van der Waals surface area (Å²) in [5, 5.41) is 8.85. The molecule has 1 aromatic rings. The maximum Gasteiger partial charge on any atom is 0.306 e. The van der Waals surface area contributed by atoms with Crippen molar-refractivity contribution in [3.63, 3.8) is 0 Å². The van der Waals surface area contributed by atoms with Crippen molar-refractivity contribution in [1.29, 1.82) is 0 Å². The van der Waals surface area contributed by atoms with Gasteiger partial charge in [0.15, 0.2) is 0 Å². The van der Waals surface area contributed by atoms with E-state index in [0.717, 1.165) is 18.9 Å². The third-order valence-corrected chi connectivity index (χ3v) is 2.72. The van der Waals surface area contributed by atoms with Crippen molar-refractivity contribution in [2.45, 2.75) is 12.8 Å². The van der Waals surface area contributed by atoms with Crippen molar-refractivity contribution in [1.82, 2.24) is 9.97 Å². The van der Waals surface area contributed by atoms with Gasteiger partial charge in [0.25, 0.3) is 0 Å². The molecule has 1 aromatic heterocycles. The van der Waals surface area contributed by atoms with E-state index in [2.05, 4.69) is 14.9 Å². The first kappa shape index (κ1) is 9.89. The fourth-order valence-corrected chi connectivity index (χ4v) is 1.81.